The summed E-state index contributed by atoms with van der Waals surface area (Å²) in [6, 6.07) is 7.38. The van der Waals surface area contributed by atoms with Gasteiger partial charge in [-0.1, -0.05) is 0 Å². The Balaban J connectivity index is 1.64. The molecule has 24 heavy (non-hydrogen) atoms. The Morgan fingerprint density at radius 2 is 1.67 bits per heavy atom. The molecule has 0 unspecified atom stereocenters. The first-order valence-electron chi connectivity index (χ1n) is 8.49. The Kier molecular flexibility index (Phi) is 5.79. The summed E-state index contributed by atoms with van der Waals surface area (Å²) in [6.45, 7) is 2.43. The number of nitrogens with zero attached hydrogens (tertiary/aromatic N) is 2. The number of ether oxygens (including phenoxy) is 1. The lowest BCUT2D eigenvalue weighted by atomic mass is 10.1. The van der Waals surface area contributed by atoms with Gasteiger partial charge in [0, 0.05) is 37.3 Å². The summed E-state index contributed by atoms with van der Waals surface area (Å²) < 4.78 is 5.27. The lowest BCUT2D eigenvalue weighted by molar-refractivity contribution is 0.0303. The van der Waals surface area contributed by atoms with Gasteiger partial charge in [0.25, 0.3) is 11.8 Å². The molecule has 0 radical (unpaired) electrons. The van der Waals surface area contributed by atoms with Crippen LogP contribution in [0.2, 0.25) is 0 Å². The molecule has 1 aromatic carbocycles. The van der Waals surface area contributed by atoms with Crippen molar-refractivity contribution in [3.63, 3.8) is 0 Å². The summed E-state index contributed by atoms with van der Waals surface area (Å²) in [7, 11) is 1.88. The van der Waals surface area contributed by atoms with Gasteiger partial charge in [0.15, 0.2) is 0 Å². The minimum atomic E-state index is 0.00922. The maximum atomic E-state index is 12.6. The molecule has 0 spiro atoms. The lowest BCUT2D eigenvalue weighted by Crippen LogP contribution is -2.40. The second-order valence-corrected chi connectivity index (χ2v) is 7.47. The van der Waals surface area contributed by atoms with Gasteiger partial charge in [0.1, 0.15) is 0 Å². The molecule has 0 bridgehead atoms. The molecule has 2 aliphatic heterocycles. The van der Waals surface area contributed by atoms with Crippen LogP contribution in [0.25, 0.3) is 0 Å². The number of hydrogen-bond donors (Lipinski definition) is 0. The molecule has 6 heteroatoms. The summed E-state index contributed by atoms with van der Waals surface area (Å²) >= 11 is 1.95. The molecule has 0 N–H and O–H groups in total. The van der Waals surface area contributed by atoms with Crippen molar-refractivity contribution >= 4 is 23.6 Å². The van der Waals surface area contributed by atoms with Crippen LogP contribution < -0.4 is 0 Å². The van der Waals surface area contributed by atoms with Crippen LogP contribution in [0.15, 0.2) is 24.3 Å². The van der Waals surface area contributed by atoms with Crippen LogP contribution in [0.4, 0.5) is 0 Å². The molecule has 0 atom stereocenters. The average molecular weight is 348 g/mol. The number of morpholine rings is 1. The number of amides is 2. The molecule has 2 fully saturated rings. The SMILES string of the molecule is CN(C(=O)c1ccc(C(=O)N2CCOCC2)cc1)C1CCSCC1. The highest BCUT2D eigenvalue weighted by molar-refractivity contribution is 7.99. The zero-order chi connectivity index (χ0) is 16.9. The maximum absolute atomic E-state index is 12.6. The van der Waals surface area contributed by atoms with Gasteiger partial charge in [0.05, 0.1) is 13.2 Å². The highest BCUT2D eigenvalue weighted by atomic mass is 32.2. The van der Waals surface area contributed by atoms with Gasteiger partial charge in [-0.25, -0.2) is 0 Å². The summed E-state index contributed by atoms with van der Waals surface area (Å²) in [5, 5.41) is 0. The molecule has 1 aromatic rings. The quantitative estimate of drug-likeness (QED) is 0.840. The summed E-state index contributed by atoms with van der Waals surface area (Å²) in [5.41, 5.74) is 1.28. The van der Waals surface area contributed by atoms with E-state index in [9.17, 15) is 9.59 Å². The van der Waals surface area contributed by atoms with Crippen molar-refractivity contribution in [2.24, 2.45) is 0 Å². The zero-order valence-electron chi connectivity index (χ0n) is 14.1. The van der Waals surface area contributed by atoms with Crippen LogP contribution in [0, 0.1) is 0 Å². The number of carbonyl (C=O) groups excluding carboxylic acids is 2. The minimum Gasteiger partial charge on any atom is -0.378 e. The Labute approximate surface area is 147 Å². The van der Waals surface area contributed by atoms with Crippen LogP contribution in [-0.2, 0) is 4.74 Å². The Bertz CT molecular complexity index is 578. The molecule has 5 nitrogen and oxygen atoms in total. The van der Waals surface area contributed by atoms with Crippen molar-refractivity contribution in [2.45, 2.75) is 18.9 Å². The van der Waals surface area contributed by atoms with E-state index < -0.39 is 0 Å². The third kappa shape index (κ3) is 3.92. The molecule has 2 amide bonds. The number of hydrogen-bond acceptors (Lipinski definition) is 4. The summed E-state index contributed by atoms with van der Waals surface area (Å²) in [6.07, 6.45) is 2.11. The van der Waals surface area contributed by atoms with Gasteiger partial charge < -0.3 is 14.5 Å². The molecule has 0 aromatic heterocycles. The van der Waals surface area contributed by atoms with Gasteiger partial charge in [-0.2, -0.15) is 11.8 Å². The van der Waals surface area contributed by atoms with E-state index in [1.807, 2.05) is 23.7 Å². The molecular formula is C18H24N2O3S. The van der Waals surface area contributed by atoms with Crippen molar-refractivity contribution in [1.29, 1.82) is 0 Å². The van der Waals surface area contributed by atoms with Crippen molar-refractivity contribution in [2.75, 3.05) is 44.9 Å². The third-order valence-corrected chi connectivity index (χ3v) is 5.78. The molecule has 2 saturated heterocycles. The largest absolute Gasteiger partial charge is 0.378 e. The highest BCUT2D eigenvalue weighted by Gasteiger charge is 2.24. The number of benzene rings is 1. The topological polar surface area (TPSA) is 49.9 Å². The second kappa shape index (κ2) is 8.03. The molecule has 2 heterocycles. The van der Waals surface area contributed by atoms with Crippen molar-refractivity contribution < 1.29 is 14.3 Å². The van der Waals surface area contributed by atoms with E-state index in [0.717, 1.165) is 24.3 Å². The predicted octanol–water partition coefficient (Wildman–Crippen LogP) is 2.13. The van der Waals surface area contributed by atoms with Crippen LogP contribution >= 0.6 is 11.8 Å². The number of carbonyl (C=O) groups is 2. The standard InChI is InChI=1S/C18H24N2O3S/c1-19(16-6-12-24-13-7-16)17(21)14-2-4-15(5-3-14)18(22)20-8-10-23-11-9-20/h2-5,16H,6-13H2,1H3. The van der Waals surface area contributed by atoms with E-state index in [1.165, 1.54) is 0 Å². The normalized spacial score (nSPS) is 19.1. The Hall–Kier alpha value is -1.53. The van der Waals surface area contributed by atoms with Crippen molar-refractivity contribution in [1.82, 2.24) is 9.80 Å². The van der Waals surface area contributed by atoms with E-state index in [2.05, 4.69) is 0 Å². The molecule has 2 aliphatic rings. The molecule has 3 rings (SSSR count). The summed E-state index contributed by atoms with van der Waals surface area (Å²) in [5.74, 6) is 2.29. The smallest absolute Gasteiger partial charge is 0.254 e. The van der Waals surface area contributed by atoms with Gasteiger partial charge >= 0.3 is 0 Å². The van der Waals surface area contributed by atoms with E-state index in [4.69, 9.17) is 4.74 Å². The summed E-state index contributed by atoms with van der Waals surface area (Å²) in [4.78, 5) is 28.7. The first-order valence-corrected chi connectivity index (χ1v) is 9.64. The molecular weight excluding hydrogens is 324 g/mol. The monoisotopic (exact) mass is 348 g/mol. The van der Waals surface area contributed by atoms with Crippen LogP contribution in [0.1, 0.15) is 33.6 Å². The number of thioether (sulfide) groups is 1. The van der Waals surface area contributed by atoms with Gasteiger partial charge in [-0.3, -0.25) is 9.59 Å². The van der Waals surface area contributed by atoms with E-state index >= 15 is 0 Å². The minimum absolute atomic E-state index is 0.00922. The highest BCUT2D eigenvalue weighted by Crippen LogP contribution is 2.22. The fraction of sp³-hybridized carbons (Fsp3) is 0.556. The average Bonchev–Trinajstić information content (AvgIpc) is 2.68. The lowest BCUT2D eigenvalue weighted by Gasteiger charge is -2.31. The first-order chi connectivity index (χ1) is 11.7. The van der Waals surface area contributed by atoms with Crippen molar-refractivity contribution in [3.8, 4) is 0 Å². The maximum Gasteiger partial charge on any atom is 0.254 e. The fourth-order valence-corrected chi connectivity index (χ4v) is 4.23. The van der Waals surface area contributed by atoms with E-state index in [-0.39, 0.29) is 11.8 Å². The zero-order valence-corrected chi connectivity index (χ0v) is 14.9. The second-order valence-electron chi connectivity index (χ2n) is 6.24. The van der Waals surface area contributed by atoms with E-state index in [1.54, 1.807) is 29.2 Å². The molecule has 0 aliphatic carbocycles. The Morgan fingerprint density at radius 1 is 1.08 bits per heavy atom. The third-order valence-electron chi connectivity index (χ3n) is 4.74. The predicted molar refractivity (Wildman–Crippen MR) is 95.6 cm³/mol. The van der Waals surface area contributed by atoms with Gasteiger partial charge in [-0.15, -0.1) is 0 Å². The molecule has 0 saturated carbocycles. The van der Waals surface area contributed by atoms with Gasteiger partial charge in [0.2, 0.25) is 0 Å². The first kappa shape index (κ1) is 17.3. The van der Waals surface area contributed by atoms with E-state index in [0.29, 0.717) is 43.5 Å². The Morgan fingerprint density at radius 3 is 2.29 bits per heavy atom. The van der Waals surface area contributed by atoms with Crippen molar-refractivity contribution in [3.05, 3.63) is 35.4 Å². The van der Waals surface area contributed by atoms with Gasteiger partial charge in [-0.05, 0) is 48.6 Å². The number of rotatable bonds is 3. The fourth-order valence-electron chi connectivity index (χ4n) is 3.15. The molecule has 130 valence electrons. The van der Waals surface area contributed by atoms with Crippen LogP contribution in [-0.4, -0.2) is 72.5 Å². The van der Waals surface area contributed by atoms with Crippen LogP contribution in [0.3, 0.4) is 0 Å². The van der Waals surface area contributed by atoms with Crippen LogP contribution in [0.5, 0.6) is 0 Å².